The largest absolute Gasteiger partial charge is 0.373 e. The van der Waals surface area contributed by atoms with Gasteiger partial charge in [-0.1, -0.05) is 6.92 Å². The minimum atomic E-state index is -0.146. The predicted molar refractivity (Wildman–Crippen MR) is 73.8 cm³/mol. The summed E-state index contributed by atoms with van der Waals surface area (Å²) < 4.78 is 18.0. The van der Waals surface area contributed by atoms with Gasteiger partial charge < -0.3 is 14.2 Å². The highest BCUT2D eigenvalue weighted by molar-refractivity contribution is 4.89. The highest BCUT2D eigenvalue weighted by Crippen LogP contribution is 2.32. The number of hydrogen-bond acceptors (Lipinski definition) is 3. The molecule has 4 atom stereocenters. The number of hydrogen-bond donors (Lipinski definition) is 0. The average molecular weight is 258 g/mol. The molecule has 0 N–H and O–H groups in total. The van der Waals surface area contributed by atoms with Gasteiger partial charge in [-0.05, 0) is 48.5 Å². The van der Waals surface area contributed by atoms with Crippen LogP contribution in [0.2, 0.25) is 0 Å². The van der Waals surface area contributed by atoms with Crippen molar-refractivity contribution in [2.24, 2.45) is 5.92 Å². The third-order valence-corrected chi connectivity index (χ3v) is 3.18. The first kappa shape index (κ1) is 15.9. The van der Waals surface area contributed by atoms with E-state index in [1.165, 1.54) is 0 Å². The maximum absolute atomic E-state index is 6.15. The lowest BCUT2D eigenvalue weighted by Crippen LogP contribution is -2.40. The second-order valence-corrected chi connectivity index (χ2v) is 7.36. The van der Waals surface area contributed by atoms with Crippen LogP contribution in [0.4, 0.5) is 0 Å². The Kier molecular flexibility index (Phi) is 4.85. The van der Waals surface area contributed by atoms with Crippen molar-refractivity contribution in [2.75, 3.05) is 6.61 Å². The smallest absolute Gasteiger partial charge is 0.108 e. The van der Waals surface area contributed by atoms with Gasteiger partial charge in [0, 0.05) is 5.92 Å². The SMILES string of the molecule is C[C@H]1O[C@H](COC(C)(C)C)C(OC(C)(C)C)[C@@H]1C. The molecule has 1 saturated heterocycles. The molecule has 0 aromatic rings. The van der Waals surface area contributed by atoms with Gasteiger partial charge in [0.05, 0.1) is 30.0 Å². The van der Waals surface area contributed by atoms with Crippen LogP contribution >= 0.6 is 0 Å². The van der Waals surface area contributed by atoms with Crippen LogP contribution in [0, 0.1) is 5.92 Å². The first-order valence-electron chi connectivity index (χ1n) is 6.97. The lowest BCUT2D eigenvalue weighted by molar-refractivity contribution is -0.130. The second kappa shape index (κ2) is 5.48. The maximum Gasteiger partial charge on any atom is 0.108 e. The molecule has 0 amide bonds. The van der Waals surface area contributed by atoms with Crippen molar-refractivity contribution in [1.29, 1.82) is 0 Å². The quantitative estimate of drug-likeness (QED) is 0.776. The summed E-state index contributed by atoms with van der Waals surface area (Å²) in [5.41, 5.74) is -0.281. The fourth-order valence-electron chi connectivity index (χ4n) is 2.14. The molecule has 1 fully saturated rings. The normalized spacial score (nSPS) is 34.0. The molecule has 3 nitrogen and oxygen atoms in total. The second-order valence-electron chi connectivity index (χ2n) is 7.36. The van der Waals surface area contributed by atoms with Gasteiger partial charge in [-0.25, -0.2) is 0 Å². The van der Waals surface area contributed by atoms with Gasteiger partial charge in [-0.3, -0.25) is 0 Å². The van der Waals surface area contributed by atoms with Gasteiger partial charge in [0.15, 0.2) is 0 Å². The average Bonchev–Trinajstić information content (AvgIpc) is 2.39. The van der Waals surface area contributed by atoms with Crippen LogP contribution in [-0.4, -0.2) is 36.1 Å². The predicted octanol–water partition coefficient (Wildman–Crippen LogP) is 3.41. The van der Waals surface area contributed by atoms with E-state index in [1.807, 2.05) is 0 Å². The molecule has 0 aliphatic carbocycles. The Hall–Kier alpha value is -0.120. The molecular weight excluding hydrogens is 228 g/mol. The molecular formula is C15H30O3. The Morgan fingerprint density at radius 2 is 1.50 bits per heavy atom. The van der Waals surface area contributed by atoms with E-state index in [1.54, 1.807) is 0 Å². The van der Waals surface area contributed by atoms with E-state index in [2.05, 4.69) is 55.4 Å². The summed E-state index contributed by atoms with van der Waals surface area (Å²) in [4.78, 5) is 0. The zero-order valence-electron chi connectivity index (χ0n) is 13.2. The minimum Gasteiger partial charge on any atom is -0.373 e. The van der Waals surface area contributed by atoms with Crippen LogP contribution < -0.4 is 0 Å². The molecule has 18 heavy (non-hydrogen) atoms. The Balaban J connectivity index is 2.64. The van der Waals surface area contributed by atoms with E-state index in [0.717, 1.165) is 0 Å². The molecule has 0 saturated carbocycles. The molecule has 1 aliphatic rings. The summed E-state index contributed by atoms with van der Waals surface area (Å²) in [6, 6.07) is 0. The molecule has 0 aromatic heterocycles. The molecule has 1 rings (SSSR count). The van der Waals surface area contributed by atoms with E-state index in [-0.39, 0.29) is 29.5 Å². The number of rotatable bonds is 3. The molecule has 108 valence electrons. The highest BCUT2D eigenvalue weighted by Gasteiger charge is 2.42. The lowest BCUT2D eigenvalue weighted by Gasteiger charge is -2.31. The fraction of sp³-hybridized carbons (Fsp3) is 1.00. The first-order chi connectivity index (χ1) is 7.99. The van der Waals surface area contributed by atoms with Crippen molar-refractivity contribution in [2.45, 2.75) is 84.9 Å². The van der Waals surface area contributed by atoms with Crippen LogP contribution in [0.3, 0.4) is 0 Å². The van der Waals surface area contributed by atoms with Crippen molar-refractivity contribution >= 4 is 0 Å². The van der Waals surface area contributed by atoms with E-state index >= 15 is 0 Å². The van der Waals surface area contributed by atoms with Crippen LogP contribution in [0.5, 0.6) is 0 Å². The molecule has 0 bridgehead atoms. The third-order valence-electron chi connectivity index (χ3n) is 3.18. The Morgan fingerprint density at radius 1 is 0.944 bits per heavy atom. The lowest BCUT2D eigenvalue weighted by atomic mass is 9.98. The first-order valence-corrected chi connectivity index (χ1v) is 6.97. The summed E-state index contributed by atoms with van der Waals surface area (Å²) in [6.07, 6.45) is 0.377. The summed E-state index contributed by atoms with van der Waals surface area (Å²) in [5.74, 6) is 0.401. The van der Waals surface area contributed by atoms with Crippen molar-refractivity contribution in [3.05, 3.63) is 0 Å². The Morgan fingerprint density at radius 3 is 1.94 bits per heavy atom. The van der Waals surface area contributed by atoms with Gasteiger partial charge in [0.1, 0.15) is 6.10 Å². The van der Waals surface area contributed by atoms with Gasteiger partial charge in [-0.15, -0.1) is 0 Å². The standard InChI is InChI=1S/C15H30O3/c1-10-11(2)17-12(9-16-14(3,4)5)13(10)18-15(6,7)8/h10-13H,9H2,1-8H3/t10-,11-,12-,13?/m1/s1. The van der Waals surface area contributed by atoms with E-state index in [4.69, 9.17) is 14.2 Å². The van der Waals surface area contributed by atoms with Crippen LogP contribution in [-0.2, 0) is 14.2 Å². The van der Waals surface area contributed by atoms with Gasteiger partial charge in [0.2, 0.25) is 0 Å². The van der Waals surface area contributed by atoms with Crippen LogP contribution in [0.1, 0.15) is 55.4 Å². The maximum atomic E-state index is 6.15. The monoisotopic (exact) mass is 258 g/mol. The number of ether oxygens (including phenoxy) is 3. The van der Waals surface area contributed by atoms with Gasteiger partial charge in [0.25, 0.3) is 0 Å². The summed E-state index contributed by atoms with van der Waals surface area (Å²) in [6.45, 7) is 17.4. The zero-order valence-corrected chi connectivity index (χ0v) is 13.2. The van der Waals surface area contributed by atoms with E-state index in [9.17, 15) is 0 Å². The summed E-state index contributed by atoms with van der Waals surface area (Å²) in [7, 11) is 0. The molecule has 0 radical (unpaired) electrons. The molecule has 1 aliphatic heterocycles. The van der Waals surface area contributed by atoms with E-state index < -0.39 is 0 Å². The third kappa shape index (κ3) is 4.87. The molecule has 3 heteroatoms. The fourth-order valence-corrected chi connectivity index (χ4v) is 2.14. The summed E-state index contributed by atoms with van der Waals surface area (Å²) in [5, 5.41) is 0. The van der Waals surface area contributed by atoms with Crippen molar-refractivity contribution < 1.29 is 14.2 Å². The van der Waals surface area contributed by atoms with E-state index in [0.29, 0.717) is 12.5 Å². The minimum absolute atomic E-state index is 0.0356. The van der Waals surface area contributed by atoms with Crippen molar-refractivity contribution in [3.63, 3.8) is 0 Å². The van der Waals surface area contributed by atoms with Gasteiger partial charge >= 0.3 is 0 Å². The molecule has 1 heterocycles. The topological polar surface area (TPSA) is 27.7 Å². The zero-order chi connectivity index (χ0) is 14.1. The molecule has 0 aromatic carbocycles. The van der Waals surface area contributed by atoms with Crippen LogP contribution in [0.15, 0.2) is 0 Å². The van der Waals surface area contributed by atoms with Gasteiger partial charge in [-0.2, -0.15) is 0 Å². The highest BCUT2D eigenvalue weighted by atomic mass is 16.6. The van der Waals surface area contributed by atoms with Crippen molar-refractivity contribution in [1.82, 2.24) is 0 Å². The van der Waals surface area contributed by atoms with Crippen LogP contribution in [0.25, 0.3) is 0 Å². The van der Waals surface area contributed by atoms with Crippen molar-refractivity contribution in [3.8, 4) is 0 Å². The Labute approximate surface area is 112 Å². The molecule has 1 unspecified atom stereocenters. The Bertz CT molecular complexity index is 262. The molecule has 0 spiro atoms. The summed E-state index contributed by atoms with van der Waals surface area (Å²) >= 11 is 0.